The molecular weight excluding hydrogens is 281 g/mol. The van der Waals surface area contributed by atoms with E-state index >= 15 is 0 Å². The molecule has 0 bridgehead atoms. The zero-order valence-corrected chi connectivity index (χ0v) is 11.4. The van der Waals surface area contributed by atoms with Gasteiger partial charge < -0.3 is 9.80 Å². The van der Waals surface area contributed by atoms with E-state index in [0.717, 1.165) is 6.07 Å². The van der Waals surface area contributed by atoms with Crippen molar-refractivity contribution in [2.24, 2.45) is 0 Å². The number of halogens is 1. The fraction of sp³-hybridized carbons (Fsp3) is 0.385. The minimum atomic E-state index is -0.972. The van der Waals surface area contributed by atoms with E-state index in [-0.39, 0.29) is 18.7 Å². The summed E-state index contributed by atoms with van der Waals surface area (Å²) >= 11 is 0. The average molecular weight is 295 g/mol. The maximum Gasteiger partial charge on any atom is 0.312 e. The number of hydrogen-bond acceptors (Lipinski definition) is 4. The highest BCUT2D eigenvalue weighted by Crippen LogP contribution is 2.22. The molecule has 1 aromatic carbocycles. The Hall–Kier alpha value is -2.51. The van der Waals surface area contributed by atoms with Gasteiger partial charge in [-0.1, -0.05) is 12.1 Å². The lowest BCUT2D eigenvalue weighted by atomic mass is 10.1. The summed E-state index contributed by atoms with van der Waals surface area (Å²) < 4.78 is 14.0. The Bertz CT molecular complexity index is 605. The van der Waals surface area contributed by atoms with Crippen LogP contribution in [0.2, 0.25) is 0 Å². The van der Waals surface area contributed by atoms with Gasteiger partial charge in [0.25, 0.3) is 0 Å². The van der Waals surface area contributed by atoms with Crippen LogP contribution in [0.15, 0.2) is 18.2 Å². The van der Waals surface area contributed by atoms with Gasteiger partial charge in [0.15, 0.2) is 0 Å². The van der Waals surface area contributed by atoms with Gasteiger partial charge in [-0.2, -0.15) is 4.39 Å². The largest absolute Gasteiger partial charge is 0.333 e. The molecule has 0 saturated carbocycles. The lowest BCUT2D eigenvalue weighted by Crippen LogP contribution is -2.53. The Morgan fingerprint density at radius 2 is 1.86 bits per heavy atom. The third kappa shape index (κ3) is 2.83. The Morgan fingerprint density at radius 3 is 2.48 bits per heavy atom. The van der Waals surface area contributed by atoms with E-state index in [0.29, 0.717) is 13.1 Å². The highest BCUT2D eigenvalue weighted by atomic mass is 19.1. The fourth-order valence-corrected chi connectivity index (χ4v) is 2.20. The molecule has 2 rings (SSSR count). The molecule has 1 heterocycles. The topological polar surface area (TPSA) is 83.8 Å². The monoisotopic (exact) mass is 295 g/mol. The SMILES string of the molecule is CCN1CCN(Cc2cccc([N+](=O)[O-])c2F)C(=O)C1=O. The van der Waals surface area contributed by atoms with Crippen LogP contribution in [0.5, 0.6) is 0 Å². The van der Waals surface area contributed by atoms with E-state index in [2.05, 4.69) is 0 Å². The van der Waals surface area contributed by atoms with Crippen LogP contribution in [0.3, 0.4) is 0 Å². The number of benzene rings is 1. The van der Waals surface area contributed by atoms with E-state index in [1.165, 1.54) is 21.9 Å². The molecule has 1 aliphatic heterocycles. The van der Waals surface area contributed by atoms with E-state index in [1.807, 2.05) is 0 Å². The van der Waals surface area contributed by atoms with Gasteiger partial charge in [-0.05, 0) is 6.92 Å². The third-order valence-electron chi connectivity index (χ3n) is 3.40. The Balaban J connectivity index is 2.20. The minimum Gasteiger partial charge on any atom is -0.333 e. The summed E-state index contributed by atoms with van der Waals surface area (Å²) in [5.74, 6) is -2.32. The van der Waals surface area contributed by atoms with E-state index in [9.17, 15) is 24.1 Å². The molecule has 1 saturated heterocycles. The third-order valence-corrected chi connectivity index (χ3v) is 3.40. The number of nitrogens with zero attached hydrogens (tertiary/aromatic N) is 3. The molecule has 112 valence electrons. The van der Waals surface area contributed by atoms with Crippen molar-refractivity contribution in [3.8, 4) is 0 Å². The number of piperazine rings is 1. The molecule has 7 nitrogen and oxygen atoms in total. The second kappa shape index (κ2) is 5.86. The maximum atomic E-state index is 14.0. The quantitative estimate of drug-likeness (QED) is 0.470. The molecule has 0 unspecified atom stereocenters. The number of likely N-dealkylation sites (N-methyl/N-ethyl adjacent to an activating group) is 1. The molecule has 0 aromatic heterocycles. The molecule has 0 atom stereocenters. The highest BCUT2D eigenvalue weighted by molar-refractivity contribution is 6.35. The molecule has 8 heteroatoms. The molecule has 2 amide bonds. The number of rotatable bonds is 4. The molecule has 0 spiro atoms. The zero-order valence-electron chi connectivity index (χ0n) is 11.4. The van der Waals surface area contributed by atoms with Crippen molar-refractivity contribution >= 4 is 17.5 Å². The maximum absolute atomic E-state index is 14.0. The second-order valence-electron chi connectivity index (χ2n) is 4.62. The molecule has 0 aliphatic carbocycles. The van der Waals surface area contributed by atoms with Crippen molar-refractivity contribution in [1.29, 1.82) is 0 Å². The number of nitro groups is 1. The van der Waals surface area contributed by atoms with E-state index in [4.69, 9.17) is 0 Å². The first kappa shape index (κ1) is 14.9. The van der Waals surface area contributed by atoms with E-state index < -0.39 is 28.2 Å². The van der Waals surface area contributed by atoms with Gasteiger partial charge in [0.2, 0.25) is 5.82 Å². The highest BCUT2D eigenvalue weighted by Gasteiger charge is 2.32. The standard InChI is InChI=1S/C13H14FN3O4/c1-2-15-6-7-16(13(19)12(15)18)8-9-4-3-5-10(11(9)14)17(20)21/h3-5H,2,6-8H2,1H3. The van der Waals surface area contributed by atoms with Crippen molar-refractivity contribution in [1.82, 2.24) is 9.80 Å². The first-order valence-corrected chi connectivity index (χ1v) is 6.45. The van der Waals surface area contributed by atoms with Crippen molar-refractivity contribution in [2.45, 2.75) is 13.5 Å². The van der Waals surface area contributed by atoms with Gasteiger partial charge in [0, 0.05) is 37.8 Å². The van der Waals surface area contributed by atoms with Crippen LogP contribution in [0.1, 0.15) is 12.5 Å². The number of hydrogen-bond donors (Lipinski definition) is 0. The summed E-state index contributed by atoms with van der Waals surface area (Å²) in [6.45, 7) is 2.69. The van der Waals surface area contributed by atoms with Gasteiger partial charge in [-0.3, -0.25) is 19.7 Å². The van der Waals surface area contributed by atoms with Crippen LogP contribution in [-0.2, 0) is 16.1 Å². The minimum absolute atomic E-state index is 0.0234. The average Bonchev–Trinajstić information content (AvgIpc) is 2.46. The van der Waals surface area contributed by atoms with Crippen LogP contribution in [0, 0.1) is 15.9 Å². The van der Waals surface area contributed by atoms with Crippen LogP contribution in [0.25, 0.3) is 0 Å². The Kier molecular flexibility index (Phi) is 4.15. The normalized spacial score (nSPS) is 15.5. The van der Waals surface area contributed by atoms with E-state index in [1.54, 1.807) is 6.92 Å². The van der Waals surface area contributed by atoms with Crippen molar-refractivity contribution in [3.05, 3.63) is 39.7 Å². The summed E-state index contributed by atoms with van der Waals surface area (Å²) in [5.41, 5.74) is -0.617. The molecular formula is C13H14FN3O4. The summed E-state index contributed by atoms with van der Waals surface area (Å²) in [6, 6.07) is 3.78. The number of carbonyl (C=O) groups excluding carboxylic acids is 2. The van der Waals surface area contributed by atoms with Crippen molar-refractivity contribution < 1.29 is 18.9 Å². The molecule has 1 aromatic rings. The number of carbonyl (C=O) groups is 2. The first-order valence-electron chi connectivity index (χ1n) is 6.45. The molecule has 1 fully saturated rings. The predicted octanol–water partition coefficient (Wildman–Crippen LogP) is 0.925. The van der Waals surface area contributed by atoms with Gasteiger partial charge >= 0.3 is 17.5 Å². The van der Waals surface area contributed by atoms with Gasteiger partial charge in [-0.25, -0.2) is 0 Å². The molecule has 21 heavy (non-hydrogen) atoms. The summed E-state index contributed by atoms with van der Waals surface area (Å²) in [7, 11) is 0. The lowest BCUT2D eigenvalue weighted by Gasteiger charge is -2.33. The van der Waals surface area contributed by atoms with Gasteiger partial charge in [0.1, 0.15) is 0 Å². The predicted molar refractivity (Wildman–Crippen MR) is 70.7 cm³/mol. The van der Waals surface area contributed by atoms with Crippen LogP contribution in [0.4, 0.5) is 10.1 Å². The fourth-order valence-electron chi connectivity index (χ4n) is 2.20. The van der Waals surface area contributed by atoms with Crippen molar-refractivity contribution in [2.75, 3.05) is 19.6 Å². The summed E-state index contributed by atoms with van der Waals surface area (Å²) in [6.07, 6.45) is 0. The summed E-state index contributed by atoms with van der Waals surface area (Å²) in [5, 5.41) is 10.7. The first-order chi connectivity index (χ1) is 9.95. The zero-order chi connectivity index (χ0) is 15.6. The smallest absolute Gasteiger partial charge is 0.312 e. The molecule has 1 aliphatic rings. The lowest BCUT2D eigenvalue weighted by molar-refractivity contribution is -0.387. The van der Waals surface area contributed by atoms with Crippen LogP contribution >= 0.6 is 0 Å². The molecule has 0 N–H and O–H groups in total. The molecule has 0 radical (unpaired) electrons. The van der Waals surface area contributed by atoms with Crippen molar-refractivity contribution in [3.63, 3.8) is 0 Å². The van der Waals surface area contributed by atoms with Gasteiger partial charge in [0.05, 0.1) is 4.92 Å². The number of nitro benzene ring substituents is 1. The summed E-state index contributed by atoms with van der Waals surface area (Å²) in [4.78, 5) is 36.1. The van der Waals surface area contributed by atoms with Crippen LogP contribution in [-0.4, -0.2) is 46.2 Å². The Labute approximate surface area is 120 Å². The Morgan fingerprint density at radius 1 is 1.24 bits per heavy atom. The second-order valence-corrected chi connectivity index (χ2v) is 4.62. The van der Waals surface area contributed by atoms with Gasteiger partial charge in [-0.15, -0.1) is 0 Å². The number of amides is 2. The van der Waals surface area contributed by atoms with Crippen LogP contribution < -0.4 is 0 Å².